The molecule has 108 valence electrons. The maximum Gasteiger partial charge on any atom is 0.199 e. The van der Waals surface area contributed by atoms with Gasteiger partial charge in [0, 0.05) is 36.1 Å². The predicted octanol–water partition coefficient (Wildman–Crippen LogP) is 3.73. The third-order valence-electron chi connectivity index (χ3n) is 4.45. The normalized spacial score (nSPS) is 17.9. The van der Waals surface area contributed by atoms with Crippen molar-refractivity contribution in [1.29, 1.82) is 0 Å². The van der Waals surface area contributed by atoms with Gasteiger partial charge < -0.3 is 14.8 Å². The molecular formula is C16H20ClNO2. The maximum absolute atomic E-state index is 9.62. The van der Waals surface area contributed by atoms with E-state index in [1.54, 1.807) is 0 Å². The molecule has 20 heavy (non-hydrogen) atoms. The fraction of sp³-hybridized carbons (Fsp3) is 0.500. The number of para-hydroxylation sites is 1. The summed E-state index contributed by atoms with van der Waals surface area (Å²) >= 11 is 6.18. The number of hydrogen-bond acceptors (Lipinski definition) is 3. The van der Waals surface area contributed by atoms with Gasteiger partial charge in [0.2, 0.25) is 0 Å². The first kappa shape index (κ1) is 13.9. The molecule has 0 amide bonds. The van der Waals surface area contributed by atoms with Crippen molar-refractivity contribution in [2.45, 2.75) is 32.2 Å². The Balaban J connectivity index is 1.69. The first-order chi connectivity index (χ1) is 9.74. The minimum atomic E-state index is 0.0615. The number of benzene rings is 1. The molecule has 2 aromatic rings. The van der Waals surface area contributed by atoms with Gasteiger partial charge in [-0.1, -0.05) is 31.0 Å². The van der Waals surface area contributed by atoms with Crippen molar-refractivity contribution in [2.75, 3.05) is 13.2 Å². The molecule has 1 saturated carbocycles. The van der Waals surface area contributed by atoms with E-state index in [2.05, 4.69) is 5.32 Å². The lowest BCUT2D eigenvalue weighted by molar-refractivity contribution is 0.128. The molecule has 0 radical (unpaired) electrons. The number of fused-ring (bicyclic) bond motifs is 1. The van der Waals surface area contributed by atoms with E-state index in [1.807, 2.05) is 24.3 Å². The van der Waals surface area contributed by atoms with Gasteiger partial charge in [-0.05, 0) is 30.5 Å². The minimum Gasteiger partial charge on any atom is -0.444 e. The third-order valence-corrected chi connectivity index (χ3v) is 4.76. The SMILES string of the molecule is OCC1(CNCc2c(Cl)oc3ccccc23)CCCC1. The van der Waals surface area contributed by atoms with Crippen molar-refractivity contribution in [3.63, 3.8) is 0 Å². The Hall–Kier alpha value is -1.03. The van der Waals surface area contributed by atoms with E-state index in [0.29, 0.717) is 11.8 Å². The Morgan fingerprint density at radius 3 is 2.75 bits per heavy atom. The van der Waals surface area contributed by atoms with Gasteiger partial charge in [0.05, 0.1) is 0 Å². The Bertz CT molecular complexity index is 587. The van der Waals surface area contributed by atoms with Crippen molar-refractivity contribution >= 4 is 22.6 Å². The Morgan fingerprint density at radius 1 is 1.25 bits per heavy atom. The molecule has 3 rings (SSSR count). The molecule has 1 aliphatic rings. The highest BCUT2D eigenvalue weighted by Gasteiger charge is 2.32. The van der Waals surface area contributed by atoms with E-state index in [0.717, 1.165) is 35.9 Å². The molecule has 4 heteroatoms. The molecule has 1 heterocycles. The summed E-state index contributed by atoms with van der Waals surface area (Å²) in [6, 6.07) is 7.89. The van der Waals surface area contributed by atoms with Gasteiger partial charge in [0.15, 0.2) is 5.22 Å². The molecule has 0 aliphatic heterocycles. The summed E-state index contributed by atoms with van der Waals surface area (Å²) < 4.78 is 5.55. The average molecular weight is 294 g/mol. The fourth-order valence-corrected chi connectivity index (χ4v) is 3.45. The van der Waals surface area contributed by atoms with Gasteiger partial charge in [-0.3, -0.25) is 0 Å². The molecular weight excluding hydrogens is 274 g/mol. The summed E-state index contributed by atoms with van der Waals surface area (Å²) in [7, 11) is 0. The summed E-state index contributed by atoms with van der Waals surface area (Å²) in [4.78, 5) is 0. The van der Waals surface area contributed by atoms with E-state index >= 15 is 0 Å². The topological polar surface area (TPSA) is 45.4 Å². The van der Waals surface area contributed by atoms with Crippen LogP contribution in [0.3, 0.4) is 0 Å². The maximum atomic E-state index is 9.62. The first-order valence-corrected chi connectivity index (χ1v) is 7.59. The first-order valence-electron chi connectivity index (χ1n) is 7.22. The van der Waals surface area contributed by atoms with Crippen LogP contribution in [0.15, 0.2) is 28.7 Å². The molecule has 0 atom stereocenters. The number of rotatable bonds is 5. The largest absolute Gasteiger partial charge is 0.444 e. The van der Waals surface area contributed by atoms with Crippen LogP contribution in [0.25, 0.3) is 11.0 Å². The van der Waals surface area contributed by atoms with Gasteiger partial charge in [0.25, 0.3) is 0 Å². The monoisotopic (exact) mass is 293 g/mol. The number of furan rings is 1. The summed E-state index contributed by atoms with van der Waals surface area (Å²) in [6.07, 6.45) is 4.65. The lowest BCUT2D eigenvalue weighted by atomic mass is 9.87. The van der Waals surface area contributed by atoms with Crippen LogP contribution in [0.5, 0.6) is 0 Å². The van der Waals surface area contributed by atoms with Gasteiger partial charge >= 0.3 is 0 Å². The number of aliphatic hydroxyl groups is 1. The van der Waals surface area contributed by atoms with E-state index in [4.69, 9.17) is 16.0 Å². The Kier molecular flexibility index (Phi) is 4.01. The molecule has 0 spiro atoms. The van der Waals surface area contributed by atoms with Crippen molar-refractivity contribution in [2.24, 2.45) is 5.41 Å². The Morgan fingerprint density at radius 2 is 2.00 bits per heavy atom. The smallest absolute Gasteiger partial charge is 0.199 e. The van der Waals surface area contributed by atoms with Crippen LogP contribution in [-0.2, 0) is 6.54 Å². The number of halogens is 1. The lowest BCUT2D eigenvalue weighted by Gasteiger charge is -2.26. The number of nitrogens with one attached hydrogen (secondary N) is 1. The molecule has 0 unspecified atom stereocenters. The van der Waals surface area contributed by atoms with Crippen molar-refractivity contribution in [3.8, 4) is 0 Å². The van der Waals surface area contributed by atoms with Crippen molar-refractivity contribution < 1.29 is 9.52 Å². The zero-order valence-corrected chi connectivity index (χ0v) is 12.2. The highest BCUT2D eigenvalue weighted by molar-refractivity contribution is 6.30. The zero-order chi connectivity index (χ0) is 14.0. The van der Waals surface area contributed by atoms with Crippen LogP contribution in [0.2, 0.25) is 5.22 Å². The van der Waals surface area contributed by atoms with Crippen LogP contribution in [0, 0.1) is 5.41 Å². The fourth-order valence-electron chi connectivity index (χ4n) is 3.20. The molecule has 1 aromatic heterocycles. The quantitative estimate of drug-likeness (QED) is 0.883. The molecule has 2 N–H and O–H groups in total. The number of hydrogen-bond donors (Lipinski definition) is 2. The molecule has 0 bridgehead atoms. The van der Waals surface area contributed by atoms with Gasteiger partial charge in [0.1, 0.15) is 5.58 Å². The van der Waals surface area contributed by atoms with Gasteiger partial charge in [-0.2, -0.15) is 0 Å². The van der Waals surface area contributed by atoms with Crippen LogP contribution in [-0.4, -0.2) is 18.3 Å². The van der Waals surface area contributed by atoms with E-state index in [9.17, 15) is 5.11 Å². The molecule has 0 saturated heterocycles. The molecule has 1 aromatic carbocycles. The van der Waals surface area contributed by atoms with E-state index in [-0.39, 0.29) is 12.0 Å². The second kappa shape index (κ2) is 5.76. The molecule has 3 nitrogen and oxygen atoms in total. The highest BCUT2D eigenvalue weighted by atomic mass is 35.5. The van der Waals surface area contributed by atoms with E-state index in [1.165, 1.54) is 12.8 Å². The average Bonchev–Trinajstić information content (AvgIpc) is 3.05. The highest BCUT2D eigenvalue weighted by Crippen LogP contribution is 2.37. The van der Waals surface area contributed by atoms with Crippen LogP contribution in [0.1, 0.15) is 31.2 Å². The van der Waals surface area contributed by atoms with Crippen LogP contribution < -0.4 is 5.32 Å². The summed E-state index contributed by atoms with van der Waals surface area (Å²) in [6.45, 7) is 1.77. The second-order valence-corrected chi connectivity index (χ2v) is 6.16. The Labute approximate surface area is 123 Å². The predicted molar refractivity (Wildman–Crippen MR) is 80.9 cm³/mol. The van der Waals surface area contributed by atoms with Crippen molar-refractivity contribution in [1.82, 2.24) is 5.32 Å². The summed E-state index contributed by atoms with van der Waals surface area (Å²) in [5.41, 5.74) is 1.90. The third kappa shape index (κ3) is 2.58. The van der Waals surface area contributed by atoms with Gasteiger partial charge in [-0.25, -0.2) is 0 Å². The second-order valence-electron chi connectivity index (χ2n) is 5.82. The molecule has 1 fully saturated rings. The minimum absolute atomic E-state index is 0.0615. The molecule has 1 aliphatic carbocycles. The van der Waals surface area contributed by atoms with E-state index < -0.39 is 0 Å². The van der Waals surface area contributed by atoms with Crippen LogP contribution in [0.4, 0.5) is 0 Å². The lowest BCUT2D eigenvalue weighted by Crippen LogP contribution is -2.34. The summed E-state index contributed by atoms with van der Waals surface area (Å²) in [5.74, 6) is 0. The van der Waals surface area contributed by atoms with Gasteiger partial charge in [-0.15, -0.1) is 0 Å². The number of aliphatic hydroxyl groups excluding tert-OH is 1. The zero-order valence-electron chi connectivity index (χ0n) is 11.5. The summed E-state index contributed by atoms with van der Waals surface area (Å²) in [5, 5.41) is 14.6. The standard InChI is InChI=1S/C16H20ClNO2/c17-15-13(12-5-1-2-6-14(12)20-15)9-18-10-16(11-19)7-3-4-8-16/h1-2,5-6,18-19H,3-4,7-11H2. The van der Waals surface area contributed by atoms with Crippen molar-refractivity contribution in [3.05, 3.63) is 35.0 Å². The van der Waals surface area contributed by atoms with Crippen LogP contribution >= 0.6 is 11.6 Å².